The molecule has 0 saturated carbocycles. The molecular formula is C14H16ClN3O. The normalized spacial score (nSPS) is 17.5. The van der Waals surface area contributed by atoms with Crippen LogP contribution in [0.15, 0.2) is 36.0 Å². The monoisotopic (exact) mass is 277 g/mol. The van der Waals surface area contributed by atoms with Crippen molar-refractivity contribution in [3.05, 3.63) is 46.6 Å². The van der Waals surface area contributed by atoms with Crippen LogP contribution in [0.1, 0.15) is 19.4 Å². The molecule has 1 aromatic carbocycles. The van der Waals surface area contributed by atoms with Crippen molar-refractivity contribution in [1.29, 1.82) is 5.41 Å². The maximum Gasteiger partial charge on any atom is 0.274 e. The van der Waals surface area contributed by atoms with Gasteiger partial charge >= 0.3 is 0 Å². The minimum absolute atomic E-state index is 0.108. The first-order chi connectivity index (χ1) is 8.97. The number of amides is 1. The molecule has 1 heterocycles. The van der Waals surface area contributed by atoms with E-state index < -0.39 is 0 Å². The van der Waals surface area contributed by atoms with E-state index in [0.717, 1.165) is 5.56 Å². The Morgan fingerprint density at radius 2 is 2.21 bits per heavy atom. The summed E-state index contributed by atoms with van der Waals surface area (Å²) >= 11 is 5.95. The maximum atomic E-state index is 11.8. The number of allylic oxidation sites excluding steroid dienone is 1. The highest BCUT2D eigenvalue weighted by Crippen LogP contribution is 2.20. The van der Waals surface area contributed by atoms with Crippen molar-refractivity contribution >= 4 is 23.5 Å². The molecule has 0 unspecified atom stereocenters. The fraction of sp³-hybridized carbons (Fsp3) is 0.286. The van der Waals surface area contributed by atoms with Crippen molar-refractivity contribution in [2.24, 2.45) is 5.92 Å². The van der Waals surface area contributed by atoms with Crippen LogP contribution in [0.3, 0.4) is 0 Å². The van der Waals surface area contributed by atoms with E-state index in [-0.39, 0.29) is 17.8 Å². The van der Waals surface area contributed by atoms with Crippen LogP contribution in [-0.2, 0) is 11.3 Å². The van der Waals surface area contributed by atoms with Gasteiger partial charge in [0.15, 0.2) is 0 Å². The van der Waals surface area contributed by atoms with Gasteiger partial charge in [-0.25, -0.2) is 0 Å². The summed E-state index contributed by atoms with van der Waals surface area (Å²) in [5.74, 6) is 0.131. The third-order valence-electron chi connectivity index (χ3n) is 2.75. The van der Waals surface area contributed by atoms with Crippen molar-refractivity contribution in [2.45, 2.75) is 20.4 Å². The highest BCUT2D eigenvalue weighted by Gasteiger charge is 2.30. The number of nitrogens with zero attached hydrogens (tertiary/aromatic N) is 1. The van der Waals surface area contributed by atoms with Gasteiger partial charge in [-0.05, 0) is 23.6 Å². The Morgan fingerprint density at radius 1 is 1.47 bits per heavy atom. The zero-order chi connectivity index (χ0) is 14.0. The van der Waals surface area contributed by atoms with Gasteiger partial charge in [0.25, 0.3) is 5.91 Å². The third-order valence-corrected chi connectivity index (χ3v) is 2.98. The molecule has 0 aromatic heterocycles. The Labute approximate surface area is 117 Å². The minimum atomic E-state index is -0.222. The van der Waals surface area contributed by atoms with E-state index in [4.69, 9.17) is 17.0 Å². The number of carbonyl (C=O) groups excluding carboxylic acids is 1. The summed E-state index contributed by atoms with van der Waals surface area (Å²) < 4.78 is 0. The molecule has 100 valence electrons. The quantitative estimate of drug-likeness (QED) is 0.835. The molecule has 0 spiro atoms. The second-order valence-electron chi connectivity index (χ2n) is 4.81. The number of rotatable bonds is 3. The summed E-state index contributed by atoms with van der Waals surface area (Å²) in [4.78, 5) is 13.5. The first-order valence-electron chi connectivity index (χ1n) is 6.11. The van der Waals surface area contributed by atoms with Crippen LogP contribution in [0.25, 0.3) is 0 Å². The second kappa shape index (κ2) is 5.45. The summed E-state index contributed by atoms with van der Waals surface area (Å²) in [7, 11) is 0. The predicted molar refractivity (Wildman–Crippen MR) is 75.8 cm³/mol. The number of hydrogen-bond acceptors (Lipinski definition) is 2. The molecule has 1 saturated heterocycles. The molecule has 4 nitrogen and oxygen atoms in total. The summed E-state index contributed by atoms with van der Waals surface area (Å²) in [6.07, 6.45) is 1.86. The lowest BCUT2D eigenvalue weighted by atomic mass is 10.1. The highest BCUT2D eigenvalue weighted by molar-refractivity contribution is 6.30. The maximum absolute atomic E-state index is 11.8. The zero-order valence-corrected chi connectivity index (χ0v) is 11.7. The van der Waals surface area contributed by atoms with Crippen molar-refractivity contribution in [1.82, 2.24) is 10.2 Å². The van der Waals surface area contributed by atoms with Gasteiger partial charge in [0.2, 0.25) is 5.96 Å². The number of halogens is 1. The fourth-order valence-corrected chi connectivity index (χ4v) is 2.16. The molecule has 1 aliphatic heterocycles. The molecule has 1 fully saturated rings. The Hall–Kier alpha value is -1.81. The Bertz CT molecular complexity index is 551. The van der Waals surface area contributed by atoms with Crippen LogP contribution >= 0.6 is 11.6 Å². The second-order valence-corrected chi connectivity index (χ2v) is 5.25. The van der Waals surface area contributed by atoms with E-state index in [1.54, 1.807) is 11.0 Å². The number of guanidine groups is 1. The lowest BCUT2D eigenvalue weighted by molar-refractivity contribution is -0.116. The lowest BCUT2D eigenvalue weighted by Gasteiger charge is -2.18. The van der Waals surface area contributed by atoms with E-state index in [2.05, 4.69) is 5.32 Å². The van der Waals surface area contributed by atoms with Gasteiger partial charge in [-0.2, -0.15) is 0 Å². The van der Waals surface area contributed by atoms with Crippen LogP contribution in [0.5, 0.6) is 0 Å². The molecule has 1 aliphatic rings. The van der Waals surface area contributed by atoms with Gasteiger partial charge in [0.1, 0.15) is 5.70 Å². The van der Waals surface area contributed by atoms with E-state index >= 15 is 0 Å². The molecule has 1 amide bonds. The third kappa shape index (κ3) is 3.15. The van der Waals surface area contributed by atoms with Gasteiger partial charge in [-0.15, -0.1) is 0 Å². The Morgan fingerprint density at radius 3 is 2.84 bits per heavy atom. The molecule has 5 heteroatoms. The number of nitrogens with one attached hydrogen (secondary N) is 2. The molecule has 19 heavy (non-hydrogen) atoms. The van der Waals surface area contributed by atoms with Crippen LogP contribution in [0, 0.1) is 11.3 Å². The minimum Gasteiger partial charge on any atom is -0.303 e. The number of hydrogen-bond donors (Lipinski definition) is 2. The van der Waals surface area contributed by atoms with Crippen LogP contribution < -0.4 is 5.32 Å². The summed E-state index contributed by atoms with van der Waals surface area (Å²) in [6.45, 7) is 4.45. The SMILES string of the molecule is CC(C)/C=C1/C(=O)NC(=N)N1Cc1cccc(Cl)c1. The fourth-order valence-electron chi connectivity index (χ4n) is 1.95. The van der Waals surface area contributed by atoms with Gasteiger partial charge in [0, 0.05) is 5.02 Å². The van der Waals surface area contributed by atoms with Crippen molar-refractivity contribution in [3.63, 3.8) is 0 Å². The largest absolute Gasteiger partial charge is 0.303 e. The predicted octanol–water partition coefficient (Wildman–Crippen LogP) is 2.75. The van der Waals surface area contributed by atoms with E-state index in [1.807, 2.05) is 38.1 Å². The smallest absolute Gasteiger partial charge is 0.274 e. The van der Waals surface area contributed by atoms with Gasteiger partial charge in [-0.3, -0.25) is 15.5 Å². The summed E-state index contributed by atoms with van der Waals surface area (Å²) in [5, 5.41) is 11.0. The van der Waals surface area contributed by atoms with Crippen molar-refractivity contribution in [3.8, 4) is 0 Å². The van der Waals surface area contributed by atoms with Crippen LogP contribution in [-0.4, -0.2) is 16.8 Å². The summed E-state index contributed by atoms with van der Waals surface area (Å²) in [5.41, 5.74) is 1.49. The van der Waals surface area contributed by atoms with E-state index in [0.29, 0.717) is 17.3 Å². The standard InChI is InChI=1S/C14H16ClN3O/c1-9(2)6-12-13(19)17-14(16)18(12)8-10-4-3-5-11(15)7-10/h3-7,9H,8H2,1-2H3,(H2,16,17,19)/b12-6-. The molecule has 0 atom stereocenters. The molecule has 0 radical (unpaired) electrons. The van der Waals surface area contributed by atoms with Crippen molar-refractivity contribution < 1.29 is 4.79 Å². The van der Waals surface area contributed by atoms with Gasteiger partial charge < -0.3 is 4.90 Å². The van der Waals surface area contributed by atoms with Gasteiger partial charge in [0.05, 0.1) is 6.54 Å². The average molecular weight is 278 g/mol. The van der Waals surface area contributed by atoms with Gasteiger partial charge in [-0.1, -0.05) is 43.7 Å². The molecule has 2 rings (SSSR count). The molecule has 0 bridgehead atoms. The number of benzene rings is 1. The molecular weight excluding hydrogens is 262 g/mol. The van der Waals surface area contributed by atoms with Crippen LogP contribution in [0.4, 0.5) is 0 Å². The zero-order valence-electron chi connectivity index (χ0n) is 10.9. The van der Waals surface area contributed by atoms with E-state index in [9.17, 15) is 4.79 Å². The lowest BCUT2D eigenvalue weighted by Crippen LogP contribution is -2.28. The van der Waals surface area contributed by atoms with Crippen molar-refractivity contribution in [2.75, 3.05) is 0 Å². The van der Waals surface area contributed by atoms with Crippen LogP contribution in [0.2, 0.25) is 5.02 Å². The molecule has 2 N–H and O–H groups in total. The average Bonchev–Trinajstić information content (AvgIpc) is 2.56. The highest BCUT2D eigenvalue weighted by atomic mass is 35.5. The number of carbonyl (C=O) groups is 1. The Balaban J connectivity index is 2.26. The molecule has 0 aliphatic carbocycles. The Kier molecular flexibility index (Phi) is 3.90. The molecule has 1 aromatic rings. The first kappa shape index (κ1) is 13.6. The summed E-state index contributed by atoms with van der Waals surface area (Å²) in [6, 6.07) is 7.42. The van der Waals surface area contributed by atoms with E-state index in [1.165, 1.54) is 0 Å². The first-order valence-corrected chi connectivity index (χ1v) is 6.49. The topological polar surface area (TPSA) is 56.2 Å².